The summed E-state index contributed by atoms with van der Waals surface area (Å²) in [6.45, 7) is 12.0. The Morgan fingerprint density at radius 2 is 1.20 bits per heavy atom. The van der Waals surface area contributed by atoms with Gasteiger partial charge in [-0.25, -0.2) is 0 Å². The summed E-state index contributed by atoms with van der Waals surface area (Å²) in [6, 6.07) is 22.7. The van der Waals surface area contributed by atoms with Gasteiger partial charge in [0.1, 0.15) is 0 Å². The van der Waals surface area contributed by atoms with Gasteiger partial charge in [-0.1, -0.05) is 76.4 Å². The zero-order valence-electron chi connectivity index (χ0n) is 25.4. The molecule has 6 heteroatoms. The highest BCUT2D eigenvalue weighted by Gasteiger charge is 2.30. The van der Waals surface area contributed by atoms with Gasteiger partial charge in [0.25, 0.3) is 11.8 Å². The third kappa shape index (κ3) is 8.53. The van der Waals surface area contributed by atoms with Gasteiger partial charge < -0.3 is 16.0 Å². The summed E-state index contributed by atoms with van der Waals surface area (Å²) in [4.78, 5) is 37.6. The van der Waals surface area contributed by atoms with Crippen LogP contribution in [0, 0.1) is 0 Å². The number of anilines is 1. The standard InChI is InChI=1S/C35H45N3O3/c1-7-10-24-35(9-3,37-25(4)39)30-19-21-31(22-20-30)36-32(40)28-15-11-26(12-16-28)27-13-17-29(18-14-27)33(41)38-34(5,6)23-8-2/h11-22H,7-10,23-24H2,1-6H3,(H,36,40)(H,37,39)(H,38,41). The number of unbranched alkanes of at least 4 members (excludes halogenated alkanes) is 1. The molecule has 0 saturated carbocycles. The lowest BCUT2D eigenvalue weighted by Gasteiger charge is -2.34. The smallest absolute Gasteiger partial charge is 0.255 e. The van der Waals surface area contributed by atoms with Gasteiger partial charge in [0.05, 0.1) is 5.54 Å². The van der Waals surface area contributed by atoms with Crippen LogP contribution in [-0.4, -0.2) is 23.3 Å². The lowest BCUT2D eigenvalue weighted by molar-refractivity contribution is -0.121. The number of amides is 3. The summed E-state index contributed by atoms with van der Waals surface area (Å²) in [5.74, 6) is -0.316. The van der Waals surface area contributed by atoms with E-state index in [1.165, 1.54) is 0 Å². The topological polar surface area (TPSA) is 87.3 Å². The van der Waals surface area contributed by atoms with Gasteiger partial charge in [0.2, 0.25) is 5.91 Å². The van der Waals surface area contributed by atoms with E-state index in [0.717, 1.165) is 55.2 Å². The minimum absolute atomic E-state index is 0.0447. The van der Waals surface area contributed by atoms with Crippen molar-refractivity contribution in [2.75, 3.05) is 5.32 Å². The van der Waals surface area contributed by atoms with Gasteiger partial charge in [0, 0.05) is 29.3 Å². The fraction of sp³-hybridized carbons (Fsp3) is 0.400. The van der Waals surface area contributed by atoms with Gasteiger partial charge in [-0.2, -0.15) is 0 Å². The molecule has 1 unspecified atom stereocenters. The Kier molecular flexibility index (Phi) is 10.9. The molecule has 0 aliphatic rings. The molecule has 0 aliphatic heterocycles. The molecule has 3 aromatic carbocycles. The second kappa shape index (κ2) is 14.1. The highest BCUT2D eigenvalue weighted by atomic mass is 16.2. The van der Waals surface area contributed by atoms with E-state index in [2.05, 4.69) is 36.7 Å². The van der Waals surface area contributed by atoms with Crippen molar-refractivity contribution >= 4 is 23.4 Å². The van der Waals surface area contributed by atoms with Crippen LogP contribution in [0.25, 0.3) is 11.1 Å². The van der Waals surface area contributed by atoms with Crippen molar-refractivity contribution in [3.05, 3.63) is 89.5 Å². The number of hydrogen-bond acceptors (Lipinski definition) is 3. The molecule has 0 aliphatic carbocycles. The van der Waals surface area contributed by atoms with Crippen LogP contribution in [0.2, 0.25) is 0 Å². The van der Waals surface area contributed by atoms with E-state index < -0.39 is 5.54 Å². The fourth-order valence-electron chi connectivity index (χ4n) is 5.33. The predicted molar refractivity (Wildman–Crippen MR) is 168 cm³/mol. The van der Waals surface area contributed by atoms with Crippen LogP contribution < -0.4 is 16.0 Å². The lowest BCUT2D eigenvalue weighted by Crippen LogP contribution is -2.44. The Balaban J connectivity index is 1.67. The number of carbonyl (C=O) groups is 3. The van der Waals surface area contributed by atoms with Crippen molar-refractivity contribution in [3.63, 3.8) is 0 Å². The van der Waals surface area contributed by atoms with E-state index in [4.69, 9.17) is 0 Å². The molecule has 0 spiro atoms. The third-order valence-electron chi connectivity index (χ3n) is 7.63. The molecule has 218 valence electrons. The van der Waals surface area contributed by atoms with Crippen LogP contribution in [0.15, 0.2) is 72.8 Å². The zero-order chi connectivity index (χ0) is 30.0. The molecular formula is C35H45N3O3. The van der Waals surface area contributed by atoms with Crippen molar-refractivity contribution in [1.29, 1.82) is 0 Å². The van der Waals surface area contributed by atoms with Crippen molar-refractivity contribution in [1.82, 2.24) is 10.6 Å². The minimum atomic E-state index is -0.409. The first-order valence-corrected chi connectivity index (χ1v) is 14.8. The number of hydrogen-bond donors (Lipinski definition) is 3. The minimum Gasteiger partial charge on any atom is -0.347 e. The molecule has 0 heterocycles. The van der Waals surface area contributed by atoms with Gasteiger partial charge in [-0.3, -0.25) is 14.4 Å². The average Bonchev–Trinajstić information content (AvgIpc) is 2.95. The van der Waals surface area contributed by atoms with E-state index >= 15 is 0 Å². The van der Waals surface area contributed by atoms with Gasteiger partial charge in [-0.05, 0) is 86.2 Å². The number of carbonyl (C=O) groups excluding carboxylic acids is 3. The first-order valence-electron chi connectivity index (χ1n) is 14.8. The van der Waals surface area contributed by atoms with E-state index in [1.54, 1.807) is 19.1 Å². The second-order valence-corrected chi connectivity index (χ2v) is 11.5. The summed E-state index contributed by atoms with van der Waals surface area (Å²) in [6.07, 6.45) is 5.64. The summed E-state index contributed by atoms with van der Waals surface area (Å²) in [5.41, 5.74) is 4.19. The predicted octanol–water partition coefficient (Wildman–Crippen LogP) is 7.85. The van der Waals surface area contributed by atoms with Gasteiger partial charge in [0.15, 0.2) is 0 Å². The molecule has 41 heavy (non-hydrogen) atoms. The van der Waals surface area contributed by atoms with Crippen LogP contribution in [-0.2, 0) is 10.3 Å². The quantitative estimate of drug-likeness (QED) is 0.201. The molecule has 3 aromatic rings. The van der Waals surface area contributed by atoms with Crippen LogP contribution in [0.4, 0.5) is 5.69 Å². The van der Waals surface area contributed by atoms with Crippen LogP contribution in [0.1, 0.15) is 106 Å². The summed E-state index contributed by atoms with van der Waals surface area (Å²) < 4.78 is 0. The molecule has 0 aromatic heterocycles. The Hall–Kier alpha value is -3.93. The first kappa shape index (κ1) is 31.6. The van der Waals surface area contributed by atoms with Crippen LogP contribution in [0.3, 0.4) is 0 Å². The Bertz CT molecular complexity index is 1310. The SMILES string of the molecule is CCCCC(CC)(NC(C)=O)c1ccc(NC(=O)c2ccc(-c3ccc(C(=O)NC(C)(C)CCC)cc3)cc2)cc1. The summed E-state index contributed by atoms with van der Waals surface area (Å²) >= 11 is 0. The number of nitrogens with one attached hydrogen (secondary N) is 3. The molecule has 3 rings (SSSR count). The van der Waals surface area contributed by atoms with Crippen molar-refractivity contribution < 1.29 is 14.4 Å². The van der Waals surface area contributed by atoms with E-state index in [0.29, 0.717) is 16.8 Å². The highest BCUT2D eigenvalue weighted by molar-refractivity contribution is 6.04. The van der Waals surface area contributed by atoms with Gasteiger partial charge >= 0.3 is 0 Å². The first-order chi connectivity index (χ1) is 19.5. The van der Waals surface area contributed by atoms with E-state index in [-0.39, 0.29) is 23.3 Å². The fourth-order valence-corrected chi connectivity index (χ4v) is 5.33. The zero-order valence-corrected chi connectivity index (χ0v) is 25.4. The molecule has 0 fully saturated rings. The second-order valence-electron chi connectivity index (χ2n) is 11.5. The maximum absolute atomic E-state index is 13.0. The molecule has 6 nitrogen and oxygen atoms in total. The monoisotopic (exact) mass is 555 g/mol. The highest BCUT2D eigenvalue weighted by Crippen LogP contribution is 2.32. The van der Waals surface area contributed by atoms with Crippen molar-refractivity contribution in [3.8, 4) is 11.1 Å². The average molecular weight is 556 g/mol. The third-order valence-corrected chi connectivity index (χ3v) is 7.63. The molecule has 3 amide bonds. The molecule has 1 atom stereocenters. The number of benzene rings is 3. The molecule has 0 saturated heterocycles. The summed E-state index contributed by atoms with van der Waals surface area (Å²) in [7, 11) is 0. The van der Waals surface area contributed by atoms with Crippen LogP contribution in [0.5, 0.6) is 0 Å². The van der Waals surface area contributed by atoms with E-state index in [9.17, 15) is 14.4 Å². The van der Waals surface area contributed by atoms with Gasteiger partial charge in [-0.15, -0.1) is 0 Å². The molecule has 3 N–H and O–H groups in total. The Labute approximate surface area is 245 Å². The Morgan fingerprint density at radius 1 is 0.659 bits per heavy atom. The van der Waals surface area contributed by atoms with Crippen molar-refractivity contribution in [2.24, 2.45) is 0 Å². The van der Waals surface area contributed by atoms with E-state index in [1.807, 2.05) is 74.5 Å². The lowest BCUT2D eigenvalue weighted by atomic mass is 9.82. The maximum atomic E-state index is 13.0. The normalized spacial score (nSPS) is 12.7. The Morgan fingerprint density at radius 3 is 1.66 bits per heavy atom. The number of rotatable bonds is 13. The maximum Gasteiger partial charge on any atom is 0.255 e. The molecule has 0 radical (unpaired) electrons. The largest absolute Gasteiger partial charge is 0.347 e. The van der Waals surface area contributed by atoms with Crippen molar-refractivity contribution in [2.45, 2.75) is 91.1 Å². The summed E-state index contributed by atoms with van der Waals surface area (Å²) in [5, 5.41) is 9.25. The molecular weight excluding hydrogens is 510 g/mol. The van der Waals surface area contributed by atoms with Crippen LogP contribution >= 0.6 is 0 Å². The molecule has 0 bridgehead atoms.